The Balaban J connectivity index is 1.57. The van der Waals surface area contributed by atoms with Crippen molar-refractivity contribution < 1.29 is 18.7 Å². The molecular formula is C18H14N4O4S. The first kappa shape index (κ1) is 17.0. The lowest BCUT2D eigenvalue weighted by Gasteiger charge is -2.07. The van der Waals surface area contributed by atoms with Crippen LogP contribution in [0, 0.1) is 0 Å². The maximum absolute atomic E-state index is 12.4. The van der Waals surface area contributed by atoms with Gasteiger partial charge in [-0.25, -0.2) is 4.98 Å². The van der Waals surface area contributed by atoms with E-state index in [1.165, 1.54) is 18.4 Å². The van der Waals surface area contributed by atoms with E-state index in [1.54, 1.807) is 25.3 Å². The summed E-state index contributed by atoms with van der Waals surface area (Å²) in [6.07, 6.45) is 0. The molecule has 0 unspecified atom stereocenters. The van der Waals surface area contributed by atoms with Crippen LogP contribution in [0.15, 0.2) is 46.9 Å². The summed E-state index contributed by atoms with van der Waals surface area (Å²) in [7, 11) is 3.10. The predicted molar refractivity (Wildman–Crippen MR) is 100 cm³/mol. The topological polar surface area (TPSA) is 99.4 Å². The highest BCUT2D eigenvalue weighted by Crippen LogP contribution is 2.33. The normalized spacial score (nSPS) is 10.7. The average Bonchev–Trinajstić information content (AvgIpc) is 3.34. The van der Waals surface area contributed by atoms with Crippen molar-refractivity contribution in [3.05, 3.63) is 47.5 Å². The second-order valence-electron chi connectivity index (χ2n) is 5.42. The first-order valence-corrected chi connectivity index (χ1v) is 8.72. The van der Waals surface area contributed by atoms with Gasteiger partial charge in [0.05, 0.1) is 30.0 Å². The number of nitrogens with zero attached hydrogens (tertiary/aromatic N) is 3. The van der Waals surface area contributed by atoms with E-state index >= 15 is 0 Å². The van der Waals surface area contributed by atoms with Gasteiger partial charge in [-0.15, -0.1) is 16.4 Å². The van der Waals surface area contributed by atoms with E-state index in [1.807, 2.05) is 24.3 Å². The summed E-state index contributed by atoms with van der Waals surface area (Å²) >= 11 is 1.29. The molecule has 136 valence electrons. The summed E-state index contributed by atoms with van der Waals surface area (Å²) < 4.78 is 17.0. The van der Waals surface area contributed by atoms with Crippen LogP contribution in [0.2, 0.25) is 0 Å². The number of hydrogen-bond acceptors (Lipinski definition) is 8. The van der Waals surface area contributed by atoms with Crippen molar-refractivity contribution in [1.29, 1.82) is 0 Å². The smallest absolute Gasteiger partial charge is 0.322 e. The van der Waals surface area contributed by atoms with Gasteiger partial charge >= 0.3 is 6.01 Å². The first-order valence-electron chi connectivity index (χ1n) is 7.91. The van der Waals surface area contributed by atoms with Crippen LogP contribution in [0.5, 0.6) is 11.5 Å². The molecule has 27 heavy (non-hydrogen) atoms. The number of amides is 1. The number of thiazole rings is 1. The minimum atomic E-state index is -0.409. The van der Waals surface area contributed by atoms with Crippen molar-refractivity contribution in [2.24, 2.45) is 0 Å². The highest BCUT2D eigenvalue weighted by atomic mass is 32.1. The molecule has 1 amide bonds. The quantitative estimate of drug-likeness (QED) is 0.563. The summed E-state index contributed by atoms with van der Waals surface area (Å²) in [5, 5.41) is 10.7. The molecule has 2 heterocycles. The number of anilines is 1. The first-order chi connectivity index (χ1) is 13.2. The van der Waals surface area contributed by atoms with Gasteiger partial charge in [0.25, 0.3) is 11.8 Å². The van der Waals surface area contributed by atoms with Crippen LogP contribution in [0.3, 0.4) is 0 Å². The van der Waals surface area contributed by atoms with Crippen molar-refractivity contribution in [2.75, 3.05) is 19.5 Å². The maximum atomic E-state index is 12.4. The molecule has 0 atom stereocenters. The Labute approximate surface area is 157 Å². The number of hydrogen-bond donors (Lipinski definition) is 1. The fourth-order valence-electron chi connectivity index (χ4n) is 2.48. The molecule has 0 bridgehead atoms. The van der Waals surface area contributed by atoms with Gasteiger partial charge in [-0.1, -0.05) is 17.2 Å². The Hall–Kier alpha value is -3.46. The van der Waals surface area contributed by atoms with Crippen LogP contribution >= 0.6 is 11.3 Å². The molecule has 0 radical (unpaired) electrons. The summed E-state index contributed by atoms with van der Waals surface area (Å²) in [5.74, 6) is 0.962. The second-order valence-corrected chi connectivity index (χ2v) is 6.45. The third-order valence-electron chi connectivity index (χ3n) is 3.77. The fraction of sp³-hybridized carbons (Fsp3) is 0.111. The number of aromatic nitrogens is 3. The Morgan fingerprint density at radius 1 is 1.11 bits per heavy atom. The summed E-state index contributed by atoms with van der Waals surface area (Å²) in [6, 6.07) is 12.7. The van der Waals surface area contributed by atoms with Gasteiger partial charge in [0.1, 0.15) is 11.5 Å². The number of methoxy groups -OCH3 is 2. The number of nitrogens with one attached hydrogen (secondary N) is 1. The van der Waals surface area contributed by atoms with Crippen LogP contribution in [-0.4, -0.2) is 35.3 Å². The maximum Gasteiger partial charge on any atom is 0.322 e. The monoisotopic (exact) mass is 382 g/mol. The Morgan fingerprint density at radius 2 is 1.96 bits per heavy atom. The minimum Gasteiger partial charge on any atom is -0.497 e. The van der Waals surface area contributed by atoms with Crippen LogP contribution < -0.4 is 14.8 Å². The van der Waals surface area contributed by atoms with Gasteiger partial charge in [-0.05, 0) is 24.3 Å². The van der Waals surface area contributed by atoms with Gasteiger partial charge in [0.2, 0.25) is 0 Å². The SMILES string of the molecule is COc1ccc(-c2nnc(NC(=O)c3nc4ccccc4s3)o2)c(OC)c1. The van der Waals surface area contributed by atoms with Crippen molar-refractivity contribution >= 4 is 33.5 Å². The van der Waals surface area contributed by atoms with E-state index in [2.05, 4.69) is 20.5 Å². The highest BCUT2D eigenvalue weighted by molar-refractivity contribution is 7.20. The number of fused-ring (bicyclic) bond motifs is 1. The Morgan fingerprint density at radius 3 is 2.74 bits per heavy atom. The van der Waals surface area contributed by atoms with Crippen LogP contribution in [0.4, 0.5) is 6.01 Å². The zero-order valence-corrected chi connectivity index (χ0v) is 15.2. The van der Waals surface area contributed by atoms with E-state index in [0.29, 0.717) is 22.1 Å². The average molecular weight is 382 g/mol. The standard InChI is InChI=1S/C18H14N4O4S/c1-24-10-7-8-11(13(9-10)25-2)16-21-22-18(26-16)20-15(23)17-19-12-5-3-4-6-14(12)27-17/h3-9H,1-2H3,(H,20,22,23). The number of ether oxygens (including phenoxy) is 2. The molecular weight excluding hydrogens is 368 g/mol. The van der Waals surface area contributed by atoms with Crippen LogP contribution in [0.25, 0.3) is 21.7 Å². The molecule has 8 nitrogen and oxygen atoms in total. The Bertz CT molecular complexity index is 1090. The van der Waals surface area contributed by atoms with Crippen molar-refractivity contribution in [3.63, 3.8) is 0 Å². The van der Waals surface area contributed by atoms with Gasteiger partial charge < -0.3 is 13.9 Å². The van der Waals surface area contributed by atoms with E-state index in [0.717, 1.165) is 10.2 Å². The molecule has 0 saturated carbocycles. The molecule has 2 aromatic carbocycles. The summed E-state index contributed by atoms with van der Waals surface area (Å²) in [4.78, 5) is 16.7. The summed E-state index contributed by atoms with van der Waals surface area (Å²) in [6.45, 7) is 0. The molecule has 9 heteroatoms. The zero-order valence-electron chi connectivity index (χ0n) is 14.4. The fourth-order valence-corrected chi connectivity index (χ4v) is 3.34. The van der Waals surface area contributed by atoms with Gasteiger partial charge in [0, 0.05) is 6.07 Å². The predicted octanol–water partition coefficient (Wildman–Crippen LogP) is 3.62. The number of carbonyl (C=O) groups is 1. The molecule has 0 saturated heterocycles. The minimum absolute atomic E-state index is 0.0212. The number of para-hydroxylation sites is 1. The molecule has 1 N–H and O–H groups in total. The lowest BCUT2D eigenvalue weighted by molar-refractivity contribution is 0.102. The lowest BCUT2D eigenvalue weighted by Crippen LogP contribution is -2.11. The van der Waals surface area contributed by atoms with E-state index in [-0.39, 0.29) is 11.9 Å². The third kappa shape index (κ3) is 3.32. The third-order valence-corrected chi connectivity index (χ3v) is 4.81. The van der Waals surface area contributed by atoms with E-state index < -0.39 is 5.91 Å². The van der Waals surface area contributed by atoms with Gasteiger partial charge in [0.15, 0.2) is 5.01 Å². The summed E-state index contributed by atoms with van der Waals surface area (Å²) in [5.41, 5.74) is 1.35. The number of rotatable bonds is 5. The number of carbonyl (C=O) groups excluding carboxylic acids is 1. The van der Waals surface area contributed by atoms with Crippen molar-refractivity contribution in [3.8, 4) is 23.0 Å². The molecule has 4 aromatic rings. The van der Waals surface area contributed by atoms with Gasteiger partial charge in [-0.2, -0.15) is 0 Å². The van der Waals surface area contributed by atoms with Crippen molar-refractivity contribution in [2.45, 2.75) is 0 Å². The molecule has 2 aromatic heterocycles. The zero-order chi connectivity index (χ0) is 18.8. The molecule has 0 aliphatic heterocycles. The van der Waals surface area contributed by atoms with Gasteiger partial charge in [-0.3, -0.25) is 10.1 Å². The highest BCUT2D eigenvalue weighted by Gasteiger charge is 2.18. The lowest BCUT2D eigenvalue weighted by atomic mass is 10.2. The van der Waals surface area contributed by atoms with Crippen LogP contribution in [-0.2, 0) is 0 Å². The molecule has 0 fully saturated rings. The molecule has 0 spiro atoms. The van der Waals surface area contributed by atoms with Crippen LogP contribution in [0.1, 0.15) is 9.80 Å². The Kier molecular flexibility index (Phi) is 4.43. The molecule has 0 aliphatic carbocycles. The number of benzene rings is 2. The largest absolute Gasteiger partial charge is 0.497 e. The molecule has 4 rings (SSSR count). The van der Waals surface area contributed by atoms with E-state index in [4.69, 9.17) is 13.9 Å². The van der Waals surface area contributed by atoms with Crippen molar-refractivity contribution in [1.82, 2.24) is 15.2 Å². The van der Waals surface area contributed by atoms with E-state index in [9.17, 15) is 4.79 Å². The molecule has 0 aliphatic rings. The second kappa shape index (κ2) is 7.04.